The van der Waals surface area contributed by atoms with Crippen LogP contribution in [0.4, 0.5) is 15.2 Å². The lowest BCUT2D eigenvalue weighted by atomic mass is 10.1. The van der Waals surface area contributed by atoms with Gasteiger partial charge in [0, 0.05) is 17.5 Å². The smallest absolute Gasteiger partial charge is 0.309 e. The Morgan fingerprint density at radius 3 is 2.65 bits per heavy atom. The maximum Gasteiger partial charge on any atom is 0.309 e. The van der Waals surface area contributed by atoms with Crippen LogP contribution in [0.15, 0.2) is 41.8 Å². The lowest BCUT2D eigenvalue weighted by Crippen LogP contribution is -2.12. The van der Waals surface area contributed by atoms with Crippen molar-refractivity contribution < 1.29 is 19.1 Å². The standard InChI is InChI=1S/C22H23FN3O3PS/c1-2-3-15-8-17(30)10-18(23)20(15)24-11-13-4-6-14(7-5-13)21(29)26-22-25-16(12-31-22)9-19(27)28/h4-8,10,12,24H,2-3,9,11,30H2,1H3,(H,27,28)(H,25,26,29). The van der Waals surface area contributed by atoms with Gasteiger partial charge in [0.1, 0.15) is 5.82 Å². The third-order valence-corrected chi connectivity index (χ3v) is 5.64. The van der Waals surface area contributed by atoms with Crippen LogP contribution < -0.4 is 15.9 Å². The Hall–Kier alpha value is -2.83. The summed E-state index contributed by atoms with van der Waals surface area (Å²) in [5.41, 5.74) is 3.21. The van der Waals surface area contributed by atoms with Gasteiger partial charge in [0.15, 0.2) is 5.13 Å². The molecular weight excluding hydrogens is 436 g/mol. The quantitative estimate of drug-likeness (QED) is 0.417. The normalized spacial score (nSPS) is 10.7. The number of thiazole rings is 1. The zero-order valence-corrected chi connectivity index (χ0v) is 18.9. The highest BCUT2D eigenvalue weighted by molar-refractivity contribution is 7.27. The lowest BCUT2D eigenvalue weighted by Gasteiger charge is -2.14. The van der Waals surface area contributed by atoms with E-state index in [0.29, 0.717) is 28.6 Å². The first-order chi connectivity index (χ1) is 14.9. The molecule has 31 heavy (non-hydrogen) atoms. The van der Waals surface area contributed by atoms with Gasteiger partial charge >= 0.3 is 5.97 Å². The fourth-order valence-electron chi connectivity index (χ4n) is 3.09. The molecular formula is C22H23FN3O3PS. The van der Waals surface area contributed by atoms with Gasteiger partial charge in [-0.2, -0.15) is 0 Å². The number of nitrogens with zero attached hydrogens (tertiary/aromatic N) is 1. The fraction of sp³-hybridized carbons (Fsp3) is 0.227. The summed E-state index contributed by atoms with van der Waals surface area (Å²) in [6, 6.07) is 10.4. The molecule has 0 fully saturated rings. The van der Waals surface area contributed by atoms with Crippen LogP contribution in [0, 0.1) is 5.82 Å². The molecule has 1 heterocycles. The molecule has 162 valence electrons. The first-order valence-corrected chi connectivity index (χ1v) is 11.2. The number of carbonyl (C=O) groups is 2. The molecule has 0 saturated carbocycles. The molecule has 0 spiro atoms. The Kier molecular flexibility index (Phi) is 7.71. The number of nitrogens with one attached hydrogen (secondary N) is 2. The van der Waals surface area contributed by atoms with Gasteiger partial charge in [-0.3, -0.25) is 14.9 Å². The van der Waals surface area contributed by atoms with E-state index in [2.05, 4.69) is 31.8 Å². The number of aliphatic carboxylic acids is 1. The molecule has 1 aromatic heterocycles. The molecule has 3 rings (SSSR count). The van der Waals surface area contributed by atoms with E-state index in [1.807, 2.05) is 6.07 Å². The van der Waals surface area contributed by atoms with Crippen molar-refractivity contribution in [1.82, 2.24) is 4.98 Å². The van der Waals surface area contributed by atoms with Crippen molar-refractivity contribution in [3.63, 3.8) is 0 Å². The molecule has 3 aromatic rings. The molecule has 1 atom stereocenters. The summed E-state index contributed by atoms with van der Waals surface area (Å²) in [5.74, 6) is -1.58. The summed E-state index contributed by atoms with van der Waals surface area (Å²) in [6.45, 7) is 2.48. The Morgan fingerprint density at radius 2 is 1.97 bits per heavy atom. The Balaban J connectivity index is 1.62. The van der Waals surface area contributed by atoms with Gasteiger partial charge in [0.05, 0.1) is 17.8 Å². The van der Waals surface area contributed by atoms with Crippen molar-refractivity contribution in [2.75, 3.05) is 10.6 Å². The number of anilines is 2. The van der Waals surface area contributed by atoms with E-state index in [0.717, 1.165) is 29.3 Å². The molecule has 0 aliphatic rings. The van der Waals surface area contributed by atoms with Crippen molar-refractivity contribution in [2.45, 2.75) is 32.7 Å². The Labute approximate surface area is 186 Å². The first-order valence-electron chi connectivity index (χ1n) is 9.74. The monoisotopic (exact) mass is 459 g/mol. The zero-order valence-electron chi connectivity index (χ0n) is 16.9. The van der Waals surface area contributed by atoms with E-state index in [1.165, 1.54) is 17.4 Å². The van der Waals surface area contributed by atoms with Gasteiger partial charge in [-0.15, -0.1) is 20.6 Å². The summed E-state index contributed by atoms with van der Waals surface area (Å²) in [4.78, 5) is 27.2. The average Bonchev–Trinajstić information content (AvgIpc) is 3.13. The third kappa shape index (κ3) is 6.32. The second-order valence-corrected chi connectivity index (χ2v) is 8.53. The molecule has 9 heteroatoms. The first kappa shape index (κ1) is 22.8. The number of halogens is 1. The number of carbonyl (C=O) groups excluding carboxylic acids is 1. The highest BCUT2D eigenvalue weighted by Gasteiger charge is 2.12. The molecule has 0 aliphatic carbocycles. The second-order valence-electron chi connectivity index (χ2n) is 7.01. The number of hydrogen-bond donors (Lipinski definition) is 3. The SMILES string of the molecule is CCCc1cc(P)cc(F)c1NCc1ccc(C(=O)Nc2nc(CC(=O)O)cs2)cc1. The van der Waals surface area contributed by atoms with E-state index >= 15 is 0 Å². The minimum absolute atomic E-state index is 0.186. The molecule has 0 aliphatic heterocycles. The number of carboxylic acid groups (broad SMARTS) is 1. The van der Waals surface area contributed by atoms with Gasteiger partial charge in [0.2, 0.25) is 0 Å². The molecule has 0 saturated heterocycles. The van der Waals surface area contributed by atoms with Crippen molar-refractivity contribution in [2.24, 2.45) is 0 Å². The van der Waals surface area contributed by atoms with Crippen molar-refractivity contribution in [1.29, 1.82) is 0 Å². The Bertz CT molecular complexity index is 1090. The second kappa shape index (κ2) is 10.5. The summed E-state index contributed by atoms with van der Waals surface area (Å²) in [6.07, 6.45) is 1.52. The Morgan fingerprint density at radius 1 is 1.23 bits per heavy atom. The van der Waals surface area contributed by atoms with Crippen molar-refractivity contribution >= 4 is 48.6 Å². The van der Waals surface area contributed by atoms with Gasteiger partial charge in [-0.1, -0.05) is 25.5 Å². The minimum Gasteiger partial charge on any atom is -0.481 e. The number of aromatic nitrogens is 1. The number of amides is 1. The van der Waals surface area contributed by atoms with Crippen LogP contribution in [-0.4, -0.2) is 22.0 Å². The van der Waals surface area contributed by atoms with Crippen LogP contribution in [0.5, 0.6) is 0 Å². The van der Waals surface area contributed by atoms with E-state index in [4.69, 9.17) is 5.11 Å². The van der Waals surface area contributed by atoms with E-state index < -0.39 is 5.97 Å². The van der Waals surface area contributed by atoms with Gasteiger partial charge in [-0.25, -0.2) is 9.37 Å². The molecule has 0 radical (unpaired) electrons. The maximum atomic E-state index is 14.4. The fourth-order valence-corrected chi connectivity index (χ4v) is 4.14. The van der Waals surface area contributed by atoms with Crippen LogP contribution in [0.1, 0.15) is 40.5 Å². The minimum atomic E-state index is -0.974. The maximum absolute atomic E-state index is 14.4. The van der Waals surface area contributed by atoms with Gasteiger partial charge in [-0.05, 0) is 47.1 Å². The predicted molar refractivity (Wildman–Crippen MR) is 125 cm³/mol. The average molecular weight is 459 g/mol. The third-order valence-electron chi connectivity index (χ3n) is 4.50. The molecule has 1 unspecified atom stereocenters. The molecule has 0 bridgehead atoms. The van der Waals surface area contributed by atoms with E-state index in [-0.39, 0.29) is 18.1 Å². The van der Waals surface area contributed by atoms with Crippen molar-refractivity contribution in [3.8, 4) is 0 Å². The number of rotatable bonds is 9. The lowest BCUT2D eigenvalue weighted by molar-refractivity contribution is -0.136. The number of carboxylic acids is 1. The van der Waals surface area contributed by atoms with Crippen molar-refractivity contribution in [3.05, 3.63) is 70.0 Å². The number of benzene rings is 2. The summed E-state index contributed by atoms with van der Waals surface area (Å²) in [5, 5.41) is 17.4. The van der Waals surface area contributed by atoms with Crippen LogP contribution >= 0.6 is 20.6 Å². The summed E-state index contributed by atoms with van der Waals surface area (Å²) in [7, 11) is 2.53. The number of aryl methyl sites for hydroxylation is 1. The van der Waals surface area contributed by atoms with Crippen LogP contribution in [0.2, 0.25) is 0 Å². The van der Waals surface area contributed by atoms with E-state index in [1.54, 1.807) is 29.6 Å². The van der Waals surface area contributed by atoms with Crippen LogP contribution in [0.25, 0.3) is 0 Å². The summed E-state index contributed by atoms with van der Waals surface area (Å²) >= 11 is 1.18. The van der Waals surface area contributed by atoms with E-state index in [9.17, 15) is 14.0 Å². The number of hydrogen-bond acceptors (Lipinski definition) is 5. The molecule has 6 nitrogen and oxygen atoms in total. The molecule has 1 amide bonds. The molecule has 3 N–H and O–H groups in total. The van der Waals surface area contributed by atoms with Gasteiger partial charge < -0.3 is 10.4 Å². The predicted octanol–water partition coefficient (Wildman–Crippen LogP) is 4.23. The largest absolute Gasteiger partial charge is 0.481 e. The highest BCUT2D eigenvalue weighted by atomic mass is 32.1. The van der Waals surface area contributed by atoms with Gasteiger partial charge in [0.25, 0.3) is 5.91 Å². The van der Waals surface area contributed by atoms with Crippen LogP contribution in [0.3, 0.4) is 0 Å². The highest BCUT2D eigenvalue weighted by Crippen LogP contribution is 2.22. The molecule has 2 aromatic carbocycles. The summed E-state index contributed by atoms with van der Waals surface area (Å²) < 4.78 is 14.4. The zero-order chi connectivity index (χ0) is 22.4. The van der Waals surface area contributed by atoms with Crippen LogP contribution in [-0.2, 0) is 24.2 Å². The topological polar surface area (TPSA) is 91.3 Å².